The third-order valence-electron chi connectivity index (χ3n) is 4.96. The third kappa shape index (κ3) is 3.39. The number of hydrogen-bond donors (Lipinski definition) is 4. The Morgan fingerprint density at radius 2 is 2.16 bits per heavy atom. The van der Waals surface area contributed by atoms with Crippen molar-refractivity contribution in [2.24, 2.45) is 4.99 Å². The number of nitrogens with one attached hydrogen (secondary N) is 3. The second-order valence-corrected chi connectivity index (χ2v) is 8.47. The Kier molecular flexibility index (Phi) is 4.08. The van der Waals surface area contributed by atoms with E-state index in [-0.39, 0.29) is 23.4 Å². The van der Waals surface area contributed by atoms with Crippen molar-refractivity contribution in [3.63, 3.8) is 0 Å². The van der Waals surface area contributed by atoms with Crippen LogP contribution in [-0.4, -0.2) is 40.7 Å². The van der Waals surface area contributed by atoms with Crippen LogP contribution in [0.3, 0.4) is 0 Å². The first kappa shape index (κ1) is 18.7. The van der Waals surface area contributed by atoms with E-state index in [0.717, 1.165) is 17.5 Å². The predicted molar refractivity (Wildman–Crippen MR) is 116 cm³/mol. The molecule has 4 N–H and O–H groups in total. The van der Waals surface area contributed by atoms with E-state index in [9.17, 15) is 14.3 Å². The Morgan fingerprint density at radius 1 is 1.28 bits per heavy atom. The maximum absolute atomic E-state index is 13.5. The zero-order valence-electron chi connectivity index (χ0n) is 16.3. The highest BCUT2D eigenvalue weighted by atomic mass is 32.1. The highest BCUT2D eigenvalue weighted by Gasteiger charge is 2.20. The van der Waals surface area contributed by atoms with E-state index in [4.69, 9.17) is 4.99 Å². The molecule has 1 aliphatic rings. The number of nitrogens with zero attached hydrogens (tertiary/aromatic N) is 5. The number of hydrogen-bond acceptors (Lipinski definition) is 8. The van der Waals surface area contributed by atoms with Gasteiger partial charge in [-0.15, -0.1) is 0 Å². The van der Waals surface area contributed by atoms with Crippen LogP contribution in [0, 0.1) is 5.82 Å². The monoisotopic (exact) mass is 450 g/mol. The average molecular weight is 450 g/mol. The number of aromatic hydroxyl groups is 1. The molecule has 0 atom stereocenters. The summed E-state index contributed by atoms with van der Waals surface area (Å²) in [6, 6.07) is 6.48. The summed E-state index contributed by atoms with van der Waals surface area (Å²) in [5, 5.41) is 18.6. The van der Waals surface area contributed by atoms with Crippen LogP contribution in [0.1, 0.15) is 18.5 Å². The summed E-state index contributed by atoms with van der Waals surface area (Å²) in [5.41, 5.74) is 1.51. The molecule has 1 aliphatic carbocycles. The molecule has 0 saturated heterocycles. The molecule has 0 bridgehead atoms. The van der Waals surface area contributed by atoms with Crippen LogP contribution in [0.15, 0.2) is 40.2 Å². The molecule has 1 fully saturated rings. The molecular formula is C20H15FN8O2S. The molecule has 6 rings (SSSR count). The summed E-state index contributed by atoms with van der Waals surface area (Å²) >= 11 is 1.32. The highest BCUT2D eigenvalue weighted by molar-refractivity contribution is 7.22. The molecule has 32 heavy (non-hydrogen) atoms. The number of imidazole rings is 1. The van der Waals surface area contributed by atoms with E-state index in [0.29, 0.717) is 32.8 Å². The van der Waals surface area contributed by atoms with Gasteiger partial charge in [0, 0.05) is 11.3 Å². The van der Waals surface area contributed by atoms with Crippen molar-refractivity contribution < 1.29 is 9.50 Å². The lowest BCUT2D eigenvalue weighted by Gasteiger charge is -2.03. The van der Waals surface area contributed by atoms with Crippen LogP contribution < -0.4 is 21.7 Å². The predicted octanol–water partition coefficient (Wildman–Crippen LogP) is 1.55. The van der Waals surface area contributed by atoms with Crippen LogP contribution in [0.4, 0.5) is 15.3 Å². The fraction of sp³-hybridized carbons (Fsp3) is 0.150. The Morgan fingerprint density at radius 3 is 2.94 bits per heavy atom. The molecule has 0 radical (unpaired) electrons. The van der Waals surface area contributed by atoms with E-state index >= 15 is 0 Å². The molecule has 12 heteroatoms. The van der Waals surface area contributed by atoms with Crippen LogP contribution in [-0.2, 0) is 0 Å². The first-order valence-electron chi connectivity index (χ1n) is 9.80. The maximum Gasteiger partial charge on any atom is 0.326 e. The van der Waals surface area contributed by atoms with Gasteiger partial charge >= 0.3 is 5.69 Å². The van der Waals surface area contributed by atoms with Crippen molar-refractivity contribution in [1.29, 1.82) is 0 Å². The standard InChI is InChI=1S/C20H15FN8O2S/c21-10-1-4-12-14(6-10)32-20(25-12)27-15-7-16(23-11-2-3-11)29-17(26-15)9(8-22-29)5-13-18(30)28-19(31)24-13/h1,4-8,11,30H,2-3H2,(H,25,27)(H2,24,28,31)/b9-5-,23-16?. The number of anilines is 2. The van der Waals surface area contributed by atoms with Crippen LogP contribution in [0.25, 0.3) is 21.9 Å². The second kappa shape index (κ2) is 6.99. The molecule has 4 aromatic heterocycles. The minimum atomic E-state index is -0.516. The number of fused-ring (bicyclic) bond motifs is 2. The zero-order chi connectivity index (χ0) is 21.8. The number of H-pyrrole nitrogens is 2. The molecular weight excluding hydrogens is 435 g/mol. The van der Waals surface area contributed by atoms with E-state index in [1.807, 2.05) is 0 Å². The van der Waals surface area contributed by atoms with Gasteiger partial charge in [-0.3, -0.25) is 9.98 Å². The smallest absolute Gasteiger partial charge is 0.326 e. The van der Waals surface area contributed by atoms with E-state index in [1.165, 1.54) is 23.5 Å². The van der Waals surface area contributed by atoms with Crippen molar-refractivity contribution in [2.75, 3.05) is 5.32 Å². The number of halogens is 1. The molecule has 1 aromatic carbocycles. The molecule has 10 nitrogen and oxygen atoms in total. The quantitative estimate of drug-likeness (QED) is 0.328. The summed E-state index contributed by atoms with van der Waals surface area (Å²) in [5.74, 6) is -0.0881. The van der Waals surface area contributed by atoms with Gasteiger partial charge in [0.2, 0.25) is 5.88 Å². The van der Waals surface area contributed by atoms with Crippen molar-refractivity contribution in [3.8, 4) is 5.88 Å². The summed E-state index contributed by atoms with van der Waals surface area (Å²) < 4.78 is 15.9. The highest BCUT2D eigenvalue weighted by Crippen LogP contribution is 2.28. The Balaban J connectivity index is 1.50. The molecule has 0 unspecified atom stereocenters. The Labute approximate surface area is 181 Å². The number of rotatable bonds is 4. The summed E-state index contributed by atoms with van der Waals surface area (Å²) in [6.07, 6.45) is 5.21. The van der Waals surface area contributed by atoms with Crippen molar-refractivity contribution in [2.45, 2.75) is 18.9 Å². The van der Waals surface area contributed by atoms with Gasteiger partial charge in [0.15, 0.2) is 16.3 Å². The Bertz CT molecular complexity index is 1680. The van der Waals surface area contributed by atoms with Crippen LogP contribution in [0.2, 0.25) is 0 Å². The summed E-state index contributed by atoms with van der Waals surface area (Å²) in [7, 11) is 0. The number of thiazole rings is 1. The normalized spacial score (nSPS) is 15.3. The molecule has 1 saturated carbocycles. The van der Waals surface area contributed by atoms with Gasteiger partial charge in [0.1, 0.15) is 17.3 Å². The SMILES string of the molecule is O=c1[nH]c(O)c(/C=c2/cnn3c(=NC4CC4)cc(Nc4nc5ccc(F)cc5s4)nc23)[nH]1. The number of aromatic nitrogens is 6. The minimum Gasteiger partial charge on any atom is -0.493 e. The van der Waals surface area contributed by atoms with Gasteiger partial charge in [-0.05, 0) is 37.1 Å². The van der Waals surface area contributed by atoms with E-state index in [1.54, 1.807) is 28.9 Å². The summed E-state index contributed by atoms with van der Waals surface area (Å²) in [6.45, 7) is 0. The van der Waals surface area contributed by atoms with Crippen molar-refractivity contribution in [3.05, 3.63) is 63.2 Å². The van der Waals surface area contributed by atoms with Gasteiger partial charge in [-0.2, -0.15) is 9.61 Å². The minimum absolute atomic E-state index is 0.221. The van der Waals surface area contributed by atoms with Gasteiger partial charge in [-0.25, -0.2) is 19.2 Å². The Hall–Kier alpha value is -4.06. The lowest BCUT2D eigenvalue weighted by molar-refractivity contribution is 0.454. The van der Waals surface area contributed by atoms with Crippen molar-refractivity contribution >= 4 is 44.2 Å². The van der Waals surface area contributed by atoms with Crippen molar-refractivity contribution in [1.82, 2.24) is 29.5 Å². The first-order chi connectivity index (χ1) is 15.5. The lowest BCUT2D eigenvalue weighted by atomic mass is 10.3. The number of aromatic amines is 2. The zero-order valence-corrected chi connectivity index (χ0v) is 17.1. The summed E-state index contributed by atoms with van der Waals surface area (Å²) in [4.78, 5) is 30.1. The topological polar surface area (TPSA) is 136 Å². The van der Waals surface area contributed by atoms with Crippen LogP contribution in [0.5, 0.6) is 5.88 Å². The fourth-order valence-electron chi connectivity index (χ4n) is 3.32. The molecule has 0 spiro atoms. The molecule has 0 aliphatic heterocycles. The second-order valence-electron chi connectivity index (χ2n) is 7.44. The van der Waals surface area contributed by atoms with Gasteiger partial charge < -0.3 is 15.4 Å². The third-order valence-corrected chi connectivity index (χ3v) is 5.90. The molecule has 4 heterocycles. The molecule has 0 amide bonds. The average Bonchev–Trinajstić information content (AvgIpc) is 3.19. The first-order valence-corrected chi connectivity index (χ1v) is 10.6. The lowest BCUT2D eigenvalue weighted by Crippen LogP contribution is -2.19. The van der Waals surface area contributed by atoms with Gasteiger partial charge in [0.05, 0.1) is 22.5 Å². The van der Waals surface area contributed by atoms with E-state index < -0.39 is 5.69 Å². The molecule has 160 valence electrons. The maximum atomic E-state index is 13.5. The molecule has 5 aromatic rings. The van der Waals surface area contributed by atoms with Gasteiger partial charge in [-0.1, -0.05) is 11.3 Å². The van der Waals surface area contributed by atoms with Gasteiger partial charge in [0.25, 0.3) is 0 Å². The number of benzene rings is 1. The largest absolute Gasteiger partial charge is 0.493 e. The van der Waals surface area contributed by atoms with E-state index in [2.05, 4.69) is 30.4 Å². The van der Waals surface area contributed by atoms with Crippen LogP contribution >= 0.6 is 11.3 Å². The fourth-order valence-corrected chi connectivity index (χ4v) is 4.22.